The number of hydrogen-bond donors (Lipinski definition) is 3. The van der Waals surface area contributed by atoms with Crippen LogP contribution in [0.1, 0.15) is 38.5 Å². The number of unbranched alkanes of at least 4 members (excludes halogenated alkanes) is 5. The molecule has 3 N–H and O–H groups in total. The minimum Gasteiger partial charge on any atom is -0.550 e. The zero-order valence-corrected chi connectivity index (χ0v) is 13.6. The molecular formula is C15H25N4O5-. The number of azide groups is 1. The summed E-state index contributed by atoms with van der Waals surface area (Å²) in [5, 5.41) is 44.2. The molecule has 0 aromatic rings. The lowest BCUT2D eigenvalue weighted by molar-refractivity contribution is -0.317. The van der Waals surface area contributed by atoms with E-state index < -0.39 is 42.3 Å². The highest BCUT2D eigenvalue weighted by atomic mass is 16.4. The number of carboxylic acid groups (broad SMARTS) is 1. The molecule has 1 saturated heterocycles. The molecule has 2 rings (SSSR count). The third-order valence-corrected chi connectivity index (χ3v) is 5.07. The molecule has 1 aliphatic heterocycles. The van der Waals surface area contributed by atoms with Crippen LogP contribution in [0.25, 0.3) is 10.4 Å². The summed E-state index contributed by atoms with van der Waals surface area (Å²) in [7, 11) is 0. The van der Waals surface area contributed by atoms with Crippen molar-refractivity contribution in [3.05, 3.63) is 10.4 Å². The van der Waals surface area contributed by atoms with E-state index in [0.717, 1.165) is 38.5 Å². The number of aliphatic hydroxyl groups is 3. The van der Waals surface area contributed by atoms with Gasteiger partial charge in [0.25, 0.3) is 0 Å². The van der Waals surface area contributed by atoms with Gasteiger partial charge in [-0.2, -0.15) is 0 Å². The first-order chi connectivity index (χ1) is 11.5. The average Bonchev–Trinajstić information content (AvgIpc) is 3.24. The second kappa shape index (κ2) is 8.64. The predicted octanol–water partition coefficient (Wildman–Crippen LogP) is -0.847. The van der Waals surface area contributed by atoms with Crippen LogP contribution in [-0.4, -0.2) is 69.7 Å². The number of aliphatic carboxylic acids is 1. The highest BCUT2D eigenvalue weighted by Crippen LogP contribution is 2.44. The predicted molar refractivity (Wildman–Crippen MR) is 82.5 cm³/mol. The van der Waals surface area contributed by atoms with E-state index >= 15 is 0 Å². The van der Waals surface area contributed by atoms with Gasteiger partial charge in [0, 0.05) is 29.4 Å². The van der Waals surface area contributed by atoms with E-state index in [4.69, 9.17) is 5.53 Å². The molecule has 7 atom stereocenters. The number of carbonyl (C=O) groups is 1. The Bertz CT molecular complexity index is 484. The quantitative estimate of drug-likeness (QED) is 0.155. The van der Waals surface area contributed by atoms with Crippen molar-refractivity contribution in [1.82, 2.24) is 4.90 Å². The normalized spacial score (nSPS) is 37.4. The third kappa shape index (κ3) is 4.17. The molecule has 1 saturated carbocycles. The van der Waals surface area contributed by atoms with Crippen LogP contribution >= 0.6 is 0 Å². The first kappa shape index (κ1) is 19.0. The van der Waals surface area contributed by atoms with Gasteiger partial charge in [0.1, 0.15) is 6.10 Å². The molecule has 0 spiro atoms. The smallest absolute Gasteiger partial charge is 0.108 e. The lowest BCUT2D eigenvalue weighted by Gasteiger charge is -2.33. The highest BCUT2D eigenvalue weighted by Gasteiger charge is 2.63. The van der Waals surface area contributed by atoms with Crippen LogP contribution in [0.4, 0.5) is 0 Å². The Kier molecular flexibility index (Phi) is 6.82. The summed E-state index contributed by atoms with van der Waals surface area (Å²) in [6.45, 7) is 1.16. The number of nitrogens with zero attached hydrogens (tertiary/aromatic N) is 4. The van der Waals surface area contributed by atoms with E-state index in [0.29, 0.717) is 13.1 Å². The van der Waals surface area contributed by atoms with Gasteiger partial charge in [0.05, 0.1) is 18.2 Å². The molecular weight excluding hydrogens is 316 g/mol. The number of likely N-dealkylation sites (tertiary alicyclic amines) is 1. The SMILES string of the molecule is [N-]=[N+]=NCCCCCCCCN1[C@@H]2[C@H](C(=O)[O-])[C@@H](O)[C@H](O)[C@@H](O)[C@@H]21. The number of fused-ring (bicyclic) bond motifs is 1. The molecule has 1 unspecified atom stereocenters. The van der Waals surface area contributed by atoms with Crippen molar-refractivity contribution in [1.29, 1.82) is 0 Å². The van der Waals surface area contributed by atoms with Gasteiger partial charge in [-0.1, -0.05) is 30.8 Å². The maximum Gasteiger partial charge on any atom is 0.108 e. The topological polar surface area (TPSA) is 153 Å². The van der Waals surface area contributed by atoms with Gasteiger partial charge in [-0.25, -0.2) is 0 Å². The molecule has 0 bridgehead atoms. The summed E-state index contributed by atoms with van der Waals surface area (Å²) in [4.78, 5) is 15.7. The largest absolute Gasteiger partial charge is 0.550 e. The first-order valence-electron chi connectivity index (χ1n) is 8.52. The Morgan fingerprint density at radius 1 is 1.00 bits per heavy atom. The number of carboxylic acids is 1. The van der Waals surface area contributed by atoms with Crippen LogP contribution in [0.15, 0.2) is 5.11 Å². The Labute approximate surface area is 140 Å². The molecule has 1 aliphatic carbocycles. The molecule has 0 aromatic carbocycles. The summed E-state index contributed by atoms with van der Waals surface area (Å²) >= 11 is 0. The van der Waals surface area contributed by atoms with Crippen LogP contribution in [0.3, 0.4) is 0 Å². The first-order valence-corrected chi connectivity index (χ1v) is 8.52. The van der Waals surface area contributed by atoms with E-state index in [2.05, 4.69) is 10.0 Å². The molecule has 136 valence electrons. The van der Waals surface area contributed by atoms with Gasteiger partial charge < -0.3 is 25.2 Å². The van der Waals surface area contributed by atoms with Crippen LogP contribution in [-0.2, 0) is 4.79 Å². The fourth-order valence-corrected chi connectivity index (χ4v) is 3.76. The van der Waals surface area contributed by atoms with Gasteiger partial charge >= 0.3 is 0 Å². The molecule has 9 nitrogen and oxygen atoms in total. The molecule has 0 amide bonds. The summed E-state index contributed by atoms with van der Waals surface area (Å²) in [5.74, 6) is -2.54. The van der Waals surface area contributed by atoms with Gasteiger partial charge in [0.2, 0.25) is 0 Å². The van der Waals surface area contributed by atoms with E-state index in [1.807, 2.05) is 4.90 Å². The van der Waals surface area contributed by atoms with Gasteiger partial charge in [-0.3, -0.25) is 4.90 Å². The summed E-state index contributed by atoms with van der Waals surface area (Å²) in [6.07, 6.45) is 1.76. The lowest BCUT2D eigenvalue weighted by atomic mass is 9.83. The van der Waals surface area contributed by atoms with E-state index in [-0.39, 0.29) is 0 Å². The van der Waals surface area contributed by atoms with Crippen molar-refractivity contribution in [2.75, 3.05) is 13.1 Å². The number of hydrogen-bond acceptors (Lipinski definition) is 7. The monoisotopic (exact) mass is 341 g/mol. The van der Waals surface area contributed by atoms with Crippen molar-refractivity contribution in [2.24, 2.45) is 11.0 Å². The van der Waals surface area contributed by atoms with Crippen molar-refractivity contribution in [3.8, 4) is 0 Å². The highest BCUT2D eigenvalue weighted by molar-refractivity contribution is 5.71. The minimum absolute atomic E-state index is 0.407. The molecule has 1 heterocycles. The number of aliphatic hydroxyl groups excluding tert-OH is 3. The Balaban J connectivity index is 1.67. The zero-order valence-electron chi connectivity index (χ0n) is 13.6. The lowest BCUT2D eigenvalue weighted by Crippen LogP contribution is -2.56. The Morgan fingerprint density at radius 3 is 2.25 bits per heavy atom. The zero-order chi connectivity index (χ0) is 17.7. The van der Waals surface area contributed by atoms with Gasteiger partial charge in [-0.05, 0) is 24.9 Å². The van der Waals surface area contributed by atoms with Crippen LogP contribution in [0.2, 0.25) is 0 Å². The van der Waals surface area contributed by atoms with E-state index in [1.54, 1.807) is 0 Å². The summed E-state index contributed by atoms with van der Waals surface area (Å²) < 4.78 is 0. The molecule has 0 radical (unpaired) electrons. The van der Waals surface area contributed by atoms with Gasteiger partial charge in [-0.15, -0.1) is 0 Å². The average molecular weight is 341 g/mol. The minimum atomic E-state index is -1.49. The number of rotatable bonds is 10. The fraction of sp³-hybridized carbons (Fsp3) is 0.933. The van der Waals surface area contributed by atoms with E-state index in [1.165, 1.54) is 0 Å². The summed E-state index contributed by atoms with van der Waals surface area (Å²) in [5.41, 5.74) is 8.15. The van der Waals surface area contributed by atoms with Crippen LogP contribution in [0, 0.1) is 5.92 Å². The molecule has 0 aromatic heterocycles. The molecule has 24 heavy (non-hydrogen) atoms. The Hall–Kier alpha value is -1.38. The molecule has 2 aliphatic rings. The van der Waals surface area contributed by atoms with Crippen LogP contribution < -0.4 is 5.11 Å². The van der Waals surface area contributed by atoms with E-state index in [9.17, 15) is 25.2 Å². The van der Waals surface area contributed by atoms with Crippen molar-refractivity contribution in [2.45, 2.75) is 68.9 Å². The second-order valence-electron chi connectivity index (χ2n) is 6.61. The van der Waals surface area contributed by atoms with Crippen molar-refractivity contribution >= 4 is 5.97 Å². The van der Waals surface area contributed by atoms with Crippen molar-refractivity contribution < 1.29 is 25.2 Å². The maximum absolute atomic E-state index is 11.2. The van der Waals surface area contributed by atoms with Crippen LogP contribution in [0.5, 0.6) is 0 Å². The second-order valence-corrected chi connectivity index (χ2v) is 6.61. The maximum atomic E-state index is 11.2. The standard InChI is InChI=1S/C15H26N4O5/c16-18-17-7-5-3-1-2-4-6-8-19-10-9(15(23)24)12(20)14(22)13(21)11(10)19/h9-14,20-22H,1-8H2,(H,23,24)/p-1/t9-,10+,11+,12+,13-,14-,19?/m0/s1. The van der Waals surface area contributed by atoms with Gasteiger partial charge in [0.15, 0.2) is 0 Å². The number of carbonyl (C=O) groups excluding carboxylic acids is 1. The molecule has 9 heteroatoms. The summed E-state index contributed by atoms with van der Waals surface area (Å²) in [6, 6.07) is -0.859. The fourth-order valence-electron chi connectivity index (χ4n) is 3.76. The Morgan fingerprint density at radius 2 is 1.62 bits per heavy atom. The molecule has 2 fully saturated rings. The van der Waals surface area contributed by atoms with Crippen molar-refractivity contribution in [3.63, 3.8) is 0 Å². The third-order valence-electron chi connectivity index (χ3n) is 5.07.